The van der Waals surface area contributed by atoms with Crippen molar-refractivity contribution >= 4 is 23.2 Å². The molecule has 0 fully saturated rings. The van der Waals surface area contributed by atoms with Gasteiger partial charge in [0, 0.05) is 23.1 Å². The van der Waals surface area contributed by atoms with E-state index in [-0.39, 0.29) is 17.5 Å². The van der Waals surface area contributed by atoms with Gasteiger partial charge in [-0.3, -0.25) is 14.6 Å². The average molecular weight is 370 g/mol. The van der Waals surface area contributed by atoms with Gasteiger partial charge < -0.3 is 10.6 Å². The number of amides is 2. The minimum Gasteiger partial charge on any atom is -0.322 e. The van der Waals surface area contributed by atoms with Gasteiger partial charge in [-0.05, 0) is 61.4 Å². The Labute approximate surface area is 162 Å². The van der Waals surface area contributed by atoms with Crippen LogP contribution in [0.15, 0.2) is 60.8 Å². The van der Waals surface area contributed by atoms with Gasteiger partial charge in [0.05, 0.1) is 11.6 Å². The highest BCUT2D eigenvalue weighted by atomic mass is 16.2. The number of nitrogens with zero attached hydrogens (tertiary/aromatic N) is 2. The van der Waals surface area contributed by atoms with Crippen molar-refractivity contribution in [1.82, 2.24) is 4.98 Å². The van der Waals surface area contributed by atoms with Crippen LogP contribution in [0.2, 0.25) is 0 Å². The summed E-state index contributed by atoms with van der Waals surface area (Å²) in [6.45, 7) is 3.83. The van der Waals surface area contributed by atoms with E-state index in [1.54, 1.807) is 24.3 Å². The van der Waals surface area contributed by atoms with E-state index >= 15 is 0 Å². The van der Waals surface area contributed by atoms with E-state index in [2.05, 4.69) is 15.6 Å². The molecule has 1 heterocycles. The Hall–Kier alpha value is -3.98. The number of anilines is 2. The van der Waals surface area contributed by atoms with Gasteiger partial charge in [0.15, 0.2) is 0 Å². The first kappa shape index (κ1) is 18.8. The lowest BCUT2D eigenvalue weighted by molar-refractivity contribution is 0.102. The summed E-state index contributed by atoms with van der Waals surface area (Å²) < 4.78 is 0. The second-order valence-electron chi connectivity index (χ2n) is 6.29. The molecule has 0 saturated carbocycles. The number of para-hydroxylation sites is 1. The van der Waals surface area contributed by atoms with Gasteiger partial charge in [-0.15, -0.1) is 0 Å². The largest absolute Gasteiger partial charge is 0.322 e. The summed E-state index contributed by atoms with van der Waals surface area (Å²) in [5.41, 5.74) is 4.16. The highest BCUT2D eigenvalue weighted by Gasteiger charge is 2.14. The molecule has 138 valence electrons. The number of nitriles is 1. The van der Waals surface area contributed by atoms with E-state index in [1.807, 2.05) is 38.1 Å². The predicted molar refractivity (Wildman–Crippen MR) is 107 cm³/mol. The minimum atomic E-state index is -0.384. The van der Waals surface area contributed by atoms with Crippen LogP contribution in [-0.4, -0.2) is 16.8 Å². The van der Waals surface area contributed by atoms with Crippen LogP contribution in [0.5, 0.6) is 0 Å². The van der Waals surface area contributed by atoms with E-state index in [0.29, 0.717) is 16.8 Å². The number of hydrogen-bond acceptors (Lipinski definition) is 4. The van der Waals surface area contributed by atoms with Crippen LogP contribution >= 0.6 is 0 Å². The molecule has 3 aromatic rings. The number of pyridine rings is 1. The Balaban J connectivity index is 1.76. The summed E-state index contributed by atoms with van der Waals surface area (Å²) >= 11 is 0. The number of nitrogens with one attached hydrogen (secondary N) is 2. The molecule has 0 saturated heterocycles. The average Bonchev–Trinajstić information content (AvgIpc) is 2.71. The highest BCUT2D eigenvalue weighted by molar-refractivity contribution is 6.08. The lowest BCUT2D eigenvalue weighted by atomic mass is 10.1. The second-order valence-corrected chi connectivity index (χ2v) is 6.29. The Bertz CT molecular complexity index is 1060. The quantitative estimate of drug-likeness (QED) is 0.723. The van der Waals surface area contributed by atoms with Crippen LogP contribution in [0.3, 0.4) is 0 Å². The topological polar surface area (TPSA) is 94.9 Å². The first-order valence-electron chi connectivity index (χ1n) is 8.63. The number of rotatable bonds is 4. The molecule has 2 aromatic carbocycles. The third-order valence-electron chi connectivity index (χ3n) is 4.25. The SMILES string of the molecule is Cc1cccc(C)c1NC(=O)c1cc(C(=O)Nc2ccc(C#N)cc2)ccn1. The summed E-state index contributed by atoms with van der Waals surface area (Å²) in [5, 5.41) is 14.4. The highest BCUT2D eigenvalue weighted by Crippen LogP contribution is 2.20. The van der Waals surface area contributed by atoms with Gasteiger partial charge in [0.1, 0.15) is 5.69 Å². The van der Waals surface area contributed by atoms with E-state index in [4.69, 9.17) is 5.26 Å². The summed E-state index contributed by atoms with van der Waals surface area (Å²) in [4.78, 5) is 29.1. The standard InChI is InChI=1S/C22H18N4O2/c1-14-4-3-5-15(2)20(14)26-22(28)19-12-17(10-11-24-19)21(27)25-18-8-6-16(13-23)7-9-18/h3-12H,1-2H3,(H,25,27)(H,26,28). The number of hydrogen-bond donors (Lipinski definition) is 2. The maximum atomic E-state index is 12.6. The molecule has 0 spiro atoms. The molecule has 6 heteroatoms. The van der Waals surface area contributed by atoms with Gasteiger partial charge in [0.2, 0.25) is 0 Å². The number of carbonyl (C=O) groups is 2. The molecule has 0 radical (unpaired) electrons. The smallest absolute Gasteiger partial charge is 0.274 e. The predicted octanol–water partition coefficient (Wildman–Crippen LogP) is 4.07. The monoisotopic (exact) mass is 370 g/mol. The van der Waals surface area contributed by atoms with Crippen molar-refractivity contribution in [3.63, 3.8) is 0 Å². The number of benzene rings is 2. The molecule has 2 N–H and O–H groups in total. The molecule has 28 heavy (non-hydrogen) atoms. The maximum Gasteiger partial charge on any atom is 0.274 e. The molecule has 0 aliphatic carbocycles. The number of aryl methyl sites for hydroxylation is 2. The van der Waals surface area contributed by atoms with E-state index in [9.17, 15) is 9.59 Å². The molecule has 0 aliphatic heterocycles. The fraction of sp³-hybridized carbons (Fsp3) is 0.0909. The third kappa shape index (κ3) is 4.22. The summed E-state index contributed by atoms with van der Waals surface area (Å²) in [6, 6.07) is 17.3. The first-order valence-corrected chi connectivity index (χ1v) is 8.63. The molecule has 2 amide bonds. The number of aromatic nitrogens is 1. The van der Waals surface area contributed by atoms with Crippen molar-refractivity contribution < 1.29 is 9.59 Å². The molecular formula is C22H18N4O2. The van der Waals surface area contributed by atoms with Gasteiger partial charge in [0.25, 0.3) is 11.8 Å². The van der Waals surface area contributed by atoms with Crippen molar-refractivity contribution in [1.29, 1.82) is 5.26 Å². The summed E-state index contributed by atoms with van der Waals surface area (Å²) in [5.74, 6) is -0.751. The minimum absolute atomic E-state index is 0.148. The van der Waals surface area contributed by atoms with Crippen molar-refractivity contribution in [2.75, 3.05) is 10.6 Å². The van der Waals surface area contributed by atoms with E-state index in [0.717, 1.165) is 16.8 Å². The summed E-state index contributed by atoms with van der Waals surface area (Å²) in [7, 11) is 0. The normalized spacial score (nSPS) is 10.0. The lowest BCUT2D eigenvalue weighted by Crippen LogP contribution is -2.17. The molecule has 1 aromatic heterocycles. The van der Waals surface area contributed by atoms with Crippen molar-refractivity contribution in [2.24, 2.45) is 0 Å². The van der Waals surface area contributed by atoms with Crippen LogP contribution < -0.4 is 10.6 Å². The van der Waals surface area contributed by atoms with Crippen LogP contribution in [0.1, 0.15) is 37.5 Å². The van der Waals surface area contributed by atoms with E-state index in [1.165, 1.54) is 18.3 Å². The molecule has 0 aliphatic rings. The maximum absolute atomic E-state index is 12.6. The fourth-order valence-electron chi connectivity index (χ4n) is 2.72. The lowest BCUT2D eigenvalue weighted by Gasteiger charge is -2.11. The second kappa shape index (κ2) is 8.14. The van der Waals surface area contributed by atoms with Gasteiger partial charge >= 0.3 is 0 Å². The first-order chi connectivity index (χ1) is 13.5. The summed E-state index contributed by atoms with van der Waals surface area (Å²) in [6.07, 6.45) is 1.42. The molecule has 6 nitrogen and oxygen atoms in total. The van der Waals surface area contributed by atoms with Crippen molar-refractivity contribution in [3.05, 3.63) is 88.7 Å². The Morgan fingerprint density at radius 1 is 0.929 bits per heavy atom. The van der Waals surface area contributed by atoms with Crippen LogP contribution in [0.4, 0.5) is 11.4 Å². The molecule has 3 rings (SSSR count). The van der Waals surface area contributed by atoms with Crippen LogP contribution in [0.25, 0.3) is 0 Å². The molecule has 0 bridgehead atoms. The molecule has 0 unspecified atom stereocenters. The zero-order chi connectivity index (χ0) is 20.1. The van der Waals surface area contributed by atoms with Gasteiger partial charge in [-0.2, -0.15) is 5.26 Å². The zero-order valence-corrected chi connectivity index (χ0v) is 15.5. The third-order valence-corrected chi connectivity index (χ3v) is 4.25. The molecular weight excluding hydrogens is 352 g/mol. The van der Waals surface area contributed by atoms with Crippen LogP contribution in [0, 0.1) is 25.2 Å². The Morgan fingerprint density at radius 3 is 2.25 bits per heavy atom. The van der Waals surface area contributed by atoms with Gasteiger partial charge in [-0.1, -0.05) is 18.2 Å². The zero-order valence-electron chi connectivity index (χ0n) is 15.5. The van der Waals surface area contributed by atoms with Crippen LogP contribution in [-0.2, 0) is 0 Å². The Kier molecular flexibility index (Phi) is 5.47. The molecule has 0 atom stereocenters. The fourth-order valence-corrected chi connectivity index (χ4v) is 2.72. The van der Waals surface area contributed by atoms with Gasteiger partial charge in [-0.25, -0.2) is 0 Å². The van der Waals surface area contributed by atoms with Crippen molar-refractivity contribution in [2.45, 2.75) is 13.8 Å². The number of carbonyl (C=O) groups excluding carboxylic acids is 2. The van der Waals surface area contributed by atoms with Crippen molar-refractivity contribution in [3.8, 4) is 6.07 Å². The van der Waals surface area contributed by atoms with E-state index < -0.39 is 0 Å². The Morgan fingerprint density at radius 2 is 1.61 bits per heavy atom.